The van der Waals surface area contributed by atoms with E-state index in [9.17, 15) is 10.2 Å². The summed E-state index contributed by atoms with van der Waals surface area (Å²) in [6.07, 6.45) is 1.39. The quantitative estimate of drug-likeness (QED) is 0.289. The molecule has 3 N–H and O–H groups in total. The third-order valence-corrected chi connectivity index (χ3v) is 4.80. The Kier molecular flexibility index (Phi) is 6.31. The zero-order valence-corrected chi connectivity index (χ0v) is 17.9. The highest BCUT2D eigenvalue weighted by Crippen LogP contribution is 2.31. The van der Waals surface area contributed by atoms with Crippen LogP contribution in [0.5, 0.6) is 23.0 Å². The lowest BCUT2D eigenvalue weighted by Crippen LogP contribution is -2.03. The minimum absolute atomic E-state index is 0.0385. The first-order chi connectivity index (χ1) is 16.1. The van der Waals surface area contributed by atoms with E-state index in [0.717, 1.165) is 22.6 Å². The molecule has 0 atom stereocenters. The topological polar surface area (TPSA) is 122 Å². The van der Waals surface area contributed by atoms with Gasteiger partial charge in [-0.25, -0.2) is 10.4 Å². The molecule has 4 rings (SSSR count). The van der Waals surface area contributed by atoms with Crippen LogP contribution in [0.25, 0.3) is 22.5 Å². The first kappa shape index (κ1) is 21.6. The van der Waals surface area contributed by atoms with Crippen LogP contribution in [-0.4, -0.2) is 45.8 Å². The van der Waals surface area contributed by atoms with Gasteiger partial charge >= 0.3 is 0 Å². The Bertz CT molecular complexity index is 1280. The third-order valence-electron chi connectivity index (χ3n) is 4.80. The zero-order valence-electron chi connectivity index (χ0n) is 17.9. The van der Waals surface area contributed by atoms with Gasteiger partial charge < -0.3 is 19.7 Å². The van der Waals surface area contributed by atoms with Gasteiger partial charge in [0.2, 0.25) is 0 Å². The van der Waals surface area contributed by atoms with E-state index < -0.39 is 0 Å². The van der Waals surface area contributed by atoms with Crippen molar-refractivity contribution in [2.45, 2.75) is 0 Å². The number of nitrogens with zero attached hydrogens (tertiary/aromatic N) is 4. The molecule has 0 amide bonds. The second-order valence-corrected chi connectivity index (χ2v) is 6.90. The van der Waals surface area contributed by atoms with E-state index in [0.29, 0.717) is 17.0 Å². The standard InChI is InChI=1S/C24H21N5O4/c1-32-19-9-4-15(5-10-19)22-23(16-6-11-20(33-2)12-7-16)27-29-24(26-22)28-25-14-17-3-8-18(30)13-21(17)31/h3-14,30-31H,1-2H3,(H,26,28,29)/b25-14+. The SMILES string of the molecule is COc1ccc(-c2nnc(N/N=C/c3ccc(O)cc3O)nc2-c2ccc(OC)cc2)cc1. The minimum Gasteiger partial charge on any atom is -0.508 e. The van der Waals surface area contributed by atoms with Crippen molar-refractivity contribution in [3.63, 3.8) is 0 Å². The van der Waals surface area contributed by atoms with Gasteiger partial charge in [-0.05, 0) is 60.7 Å². The monoisotopic (exact) mass is 443 g/mol. The Labute approximate surface area is 190 Å². The Morgan fingerprint density at radius 3 is 1.97 bits per heavy atom. The van der Waals surface area contributed by atoms with Crippen LogP contribution >= 0.6 is 0 Å². The van der Waals surface area contributed by atoms with Crippen LogP contribution < -0.4 is 14.9 Å². The molecule has 0 spiro atoms. The van der Waals surface area contributed by atoms with Crippen molar-refractivity contribution in [3.05, 3.63) is 72.3 Å². The van der Waals surface area contributed by atoms with Crippen LogP contribution in [0.4, 0.5) is 5.95 Å². The molecule has 0 aliphatic heterocycles. The highest BCUT2D eigenvalue weighted by Gasteiger charge is 2.14. The summed E-state index contributed by atoms with van der Waals surface area (Å²) < 4.78 is 10.5. The van der Waals surface area contributed by atoms with Gasteiger partial charge in [-0.3, -0.25) is 0 Å². The average molecular weight is 443 g/mol. The van der Waals surface area contributed by atoms with Crippen LogP contribution in [0.15, 0.2) is 71.8 Å². The molecule has 33 heavy (non-hydrogen) atoms. The van der Waals surface area contributed by atoms with Gasteiger partial charge in [0.1, 0.15) is 34.4 Å². The van der Waals surface area contributed by atoms with Gasteiger partial charge in [-0.15, -0.1) is 10.2 Å². The van der Waals surface area contributed by atoms with Crippen molar-refractivity contribution in [1.82, 2.24) is 15.2 Å². The lowest BCUT2D eigenvalue weighted by Gasteiger charge is -2.10. The molecule has 3 aromatic carbocycles. The van der Waals surface area contributed by atoms with Gasteiger partial charge in [0.15, 0.2) is 0 Å². The summed E-state index contributed by atoms with van der Waals surface area (Å²) in [4.78, 5) is 4.61. The Morgan fingerprint density at radius 2 is 1.39 bits per heavy atom. The van der Waals surface area contributed by atoms with Crippen molar-refractivity contribution in [3.8, 4) is 45.5 Å². The van der Waals surface area contributed by atoms with Crippen LogP contribution in [0.3, 0.4) is 0 Å². The fourth-order valence-corrected chi connectivity index (χ4v) is 3.07. The molecule has 0 saturated heterocycles. The number of phenols is 2. The zero-order chi connectivity index (χ0) is 23.2. The highest BCUT2D eigenvalue weighted by molar-refractivity contribution is 5.84. The summed E-state index contributed by atoms with van der Waals surface area (Å²) in [5, 5.41) is 31.9. The lowest BCUT2D eigenvalue weighted by molar-refractivity contribution is 0.414. The summed E-state index contributed by atoms with van der Waals surface area (Å²) in [6.45, 7) is 0. The number of benzene rings is 3. The van der Waals surface area contributed by atoms with Gasteiger partial charge in [-0.2, -0.15) is 5.10 Å². The van der Waals surface area contributed by atoms with Crippen molar-refractivity contribution in [1.29, 1.82) is 0 Å². The number of rotatable bonds is 7. The van der Waals surface area contributed by atoms with Crippen LogP contribution in [0.2, 0.25) is 0 Å². The first-order valence-electron chi connectivity index (χ1n) is 9.92. The summed E-state index contributed by atoms with van der Waals surface area (Å²) >= 11 is 0. The fraction of sp³-hybridized carbons (Fsp3) is 0.0833. The van der Waals surface area contributed by atoms with Crippen molar-refractivity contribution < 1.29 is 19.7 Å². The van der Waals surface area contributed by atoms with E-state index in [2.05, 4.69) is 25.7 Å². The van der Waals surface area contributed by atoms with Gasteiger partial charge in [0.05, 0.1) is 20.4 Å². The average Bonchev–Trinajstić information content (AvgIpc) is 2.85. The molecule has 0 aliphatic carbocycles. The maximum Gasteiger partial charge on any atom is 0.263 e. The third kappa shape index (κ3) is 4.99. The number of aromatic nitrogens is 3. The molecule has 9 heteroatoms. The Balaban J connectivity index is 1.68. The number of nitrogens with one attached hydrogen (secondary N) is 1. The summed E-state index contributed by atoms with van der Waals surface area (Å²) in [5.74, 6) is 1.49. The highest BCUT2D eigenvalue weighted by atomic mass is 16.5. The molecule has 0 radical (unpaired) electrons. The number of hydrogen-bond donors (Lipinski definition) is 3. The van der Waals surface area contributed by atoms with Crippen molar-refractivity contribution >= 4 is 12.2 Å². The summed E-state index contributed by atoms with van der Waals surface area (Å²) in [5.41, 5.74) is 5.98. The van der Waals surface area contributed by atoms with Crippen LogP contribution in [0, 0.1) is 0 Å². The van der Waals surface area contributed by atoms with Gasteiger partial charge in [0.25, 0.3) is 5.95 Å². The Morgan fingerprint density at radius 1 is 0.788 bits per heavy atom. The second-order valence-electron chi connectivity index (χ2n) is 6.90. The molecule has 0 saturated carbocycles. The largest absolute Gasteiger partial charge is 0.508 e. The normalized spacial score (nSPS) is 10.8. The van der Waals surface area contributed by atoms with Crippen LogP contribution in [-0.2, 0) is 0 Å². The molecule has 0 fully saturated rings. The maximum absolute atomic E-state index is 9.88. The number of hydrogen-bond acceptors (Lipinski definition) is 9. The second kappa shape index (κ2) is 9.65. The van der Waals surface area contributed by atoms with E-state index in [1.807, 2.05) is 48.5 Å². The number of methoxy groups -OCH3 is 2. The molecule has 9 nitrogen and oxygen atoms in total. The predicted molar refractivity (Wildman–Crippen MR) is 125 cm³/mol. The van der Waals surface area contributed by atoms with E-state index in [1.54, 1.807) is 14.2 Å². The number of anilines is 1. The fourth-order valence-electron chi connectivity index (χ4n) is 3.07. The van der Waals surface area contributed by atoms with E-state index >= 15 is 0 Å². The molecule has 1 aromatic heterocycles. The number of aromatic hydroxyl groups is 2. The molecule has 166 valence electrons. The number of ether oxygens (including phenoxy) is 2. The molecule has 1 heterocycles. The Hall–Kier alpha value is -4.66. The van der Waals surface area contributed by atoms with Crippen molar-refractivity contribution in [2.24, 2.45) is 5.10 Å². The molecular formula is C24H21N5O4. The van der Waals surface area contributed by atoms with Crippen molar-refractivity contribution in [2.75, 3.05) is 19.6 Å². The summed E-state index contributed by atoms with van der Waals surface area (Å²) in [6, 6.07) is 19.1. The van der Waals surface area contributed by atoms with Crippen LogP contribution in [0.1, 0.15) is 5.56 Å². The number of hydrazone groups is 1. The molecular weight excluding hydrogens is 422 g/mol. The number of phenolic OH excluding ortho intramolecular Hbond substituents is 2. The van der Waals surface area contributed by atoms with E-state index in [-0.39, 0.29) is 17.4 Å². The van der Waals surface area contributed by atoms with E-state index in [4.69, 9.17) is 9.47 Å². The molecule has 0 aliphatic rings. The maximum atomic E-state index is 9.88. The minimum atomic E-state index is -0.103. The predicted octanol–water partition coefficient (Wildman–Crippen LogP) is 4.08. The smallest absolute Gasteiger partial charge is 0.263 e. The van der Waals surface area contributed by atoms with Gasteiger partial charge in [-0.1, -0.05) is 0 Å². The molecule has 4 aromatic rings. The lowest BCUT2D eigenvalue weighted by atomic mass is 10.0. The first-order valence-corrected chi connectivity index (χ1v) is 9.92. The van der Waals surface area contributed by atoms with E-state index in [1.165, 1.54) is 24.4 Å². The summed E-state index contributed by atoms with van der Waals surface area (Å²) in [7, 11) is 3.22. The van der Waals surface area contributed by atoms with Gasteiger partial charge in [0, 0.05) is 22.8 Å². The molecule has 0 bridgehead atoms. The molecule has 0 unspecified atom stereocenters.